The largest absolute Gasteiger partial charge is 0.508 e. The van der Waals surface area contributed by atoms with Gasteiger partial charge < -0.3 is 25.4 Å². The number of amides is 3. The molecule has 1 aliphatic heterocycles. The van der Waals surface area contributed by atoms with Gasteiger partial charge in [0.05, 0.1) is 6.04 Å². The summed E-state index contributed by atoms with van der Waals surface area (Å²) in [6.45, 7) is 5.62. The van der Waals surface area contributed by atoms with Gasteiger partial charge in [0.1, 0.15) is 24.4 Å². The Balaban J connectivity index is 1.65. The Morgan fingerprint density at radius 3 is 2.59 bits per heavy atom. The molecule has 1 aliphatic carbocycles. The van der Waals surface area contributed by atoms with Gasteiger partial charge in [0.25, 0.3) is 0 Å². The maximum absolute atomic E-state index is 14.0. The second kappa shape index (κ2) is 10.9. The van der Waals surface area contributed by atoms with Crippen LogP contribution in [0.5, 0.6) is 5.75 Å². The zero-order valence-corrected chi connectivity index (χ0v) is 22.0. The van der Waals surface area contributed by atoms with Gasteiger partial charge in [-0.2, -0.15) is 0 Å². The first kappa shape index (κ1) is 26.7. The van der Waals surface area contributed by atoms with E-state index in [4.69, 9.17) is 4.74 Å². The third-order valence-electron chi connectivity index (χ3n) is 7.29. The van der Waals surface area contributed by atoms with Gasteiger partial charge in [-0.3, -0.25) is 14.4 Å². The molecule has 2 aromatic rings. The van der Waals surface area contributed by atoms with E-state index in [-0.39, 0.29) is 36.8 Å². The van der Waals surface area contributed by atoms with Gasteiger partial charge in [0, 0.05) is 20.1 Å². The van der Waals surface area contributed by atoms with Gasteiger partial charge in [-0.15, -0.1) is 0 Å². The maximum atomic E-state index is 14.0. The van der Waals surface area contributed by atoms with Crippen molar-refractivity contribution in [1.82, 2.24) is 15.5 Å². The van der Waals surface area contributed by atoms with Crippen molar-refractivity contribution in [2.24, 2.45) is 5.41 Å². The first-order valence-electron chi connectivity index (χ1n) is 12.9. The van der Waals surface area contributed by atoms with Crippen LogP contribution >= 0.6 is 0 Å². The molecule has 4 rings (SSSR count). The number of nitrogens with one attached hydrogen (secondary N) is 2. The maximum Gasteiger partial charge on any atom is 0.246 e. The fraction of sp³-hybridized carbons (Fsp3) is 0.483. The van der Waals surface area contributed by atoms with Crippen LogP contribution in [0, 0.1) is 5.41 Å². The minimum absolute atomic E-state index is 0.105. The van der Waals surface area contributed by atoms with E-state index in [9.17, 15) is 19.5 Å². The summed E-state index contributed by atoms with van der Waals surface area (Å²) in [5, 5.41) is 16.1. The summed E-state index contributed by atoms with van der Waals surface area (Å²) in [6, 6.07) is 11.5. The van der Waals surface area contributed by atoms with Gasteiger partial charge in [-0.05, 0) is 59.1 Å². The molecule has 2 aliphatic rings. The smallest absolute Gasteiger partial charge is 0.246 e. The number of hydrogen-bond acceptors (Lipinski definition) is 5. The first-order valence-corrected chi connectivity index (χ1v) is 12.9. The number of carbonyl (C=O) groups is 3. The van der Waals surface area contributed by atoms with E-state index in [1.54, 1.807) is 17.0 Å². The third kappa shape index (κ3) is 5.96. The number of phenolic OH excluding ortho intramolecular Hbond substituents is 1. The third-order valence-corrected chi connectivity index (χ3v) is 7.29. The monoisotopic (exact) mass is 507 g/mol. The molecule has 0 radical (unpaired) electrons. The lowest BCUT2D eigenvalue weighted by Crippen LogP contribution is -2.61. The highest BCUT2D eigenvalue weighted by Crippen LogP contribution is 2.32. The van der Waals surface area contributed by atoms with E-state index in [1.807, 2.05) is 39.0 Å². The van der Waals surface area contributed by atoms with E-state index >= 15 is 0 Å². The van der Waals surface area contributed by atoms with Gasteiger partial charge in [0.15, 0.2) is 0 Å². The van der Waals surface area contributed by atoms with Crippen molar-refractivity contribution in [2.75, 3.05) is 13.7 Å². The van der Waals surface area contributed by atoms with Gasteiger partial charge in [0.2, 0.25) is 17.7 Å². The van der Waals surface area contributed by atoms with Crippen molar-refractivity contribution in [1.29, 1.82) is 0 Å². The summed E-state index contributed by atoms with van der Waals surface area (Å²) in [4.78, 5) is 41.8. The lowest BCUT2D eigenvalue weighted by molar-refractivity contribution is -0.147. The summed E-state index contributed by atoms with van der Waals surface area (Å²) in [7, 11) is 1.42. The molecule has 0 aromatic heterocycles. The van der Waals surface area contributed by atoms with E-state index in [2.05, 4.69) is 22.8 Å². The molecule has 3 amide bonds. The zero-order valence-electron chi connectivity index (χ0n) is 22.0. The van der Waals surface area contributed by atoms with Crippen LogP contribution in [0.4, 0.5) is 0 Å². The molecule has 8 heteroatoms. The van der Waals surface area contributed by atoms with Crippen molar-refractivity contribution in [3.63, 3.8) is 0 Å². The molecule has 0 saturated heterocycles. The van der Waals surface area contributed by atoms with Crippen molar-refractivity contribution < 1.29 is 24.2 Å². The molecule has 0 saturated carbocycles. The molecular formula is C29H37N3O5. The van der Waals surface area contributed by atoms with Crippen molar-refractivity contribution in [3.8, 4) is 5.75 Å². The minimum atomic E-state index is -0.861. The van der Waals surface area contributed by atoms with Gasteiger partial charge >= 0.3 is 0 Å². The number of ether oxygens (including phenoxy) is 1. The van der Waals surface area contributed by atoms with E-state index in [1.165, 1.54) is 12.7 Å². The summed E-state index contributed by atoms with van der Waals surface area (Å²) in [5.41, 5.74) is 3.46. The summed E-state index contributed by atoms with van der Waals surface area (Å²) >= 11 is 0. The van der Waals surface area contributed by atoms with E-state index in [0.29, 0.717) is 6.42 Å². The number of nitrogens with zero attached hydrogens (tertiary/aromatic N) is 1. The predicted molar refractivity (Wildman–Crippen MR) is 140 cm³/mol. The van der Waals surface area contributed by atoms with Crippen LogP contribution in [-0.4, -0.2) is 53.5 Å². The molecule has 3 N–H and O–H groups in total. The van der Waals surface area contributed by atoms with Crippen LogP contribution in [0.3, 0.4) is 0 Å². The zero-order chi connectivity index (χ0) is 26.7. The highest BCUT2D eigenvalue weighted by Gasteiger charge is 2.42. The number of rotatable bonds is 6. The molecule has 0 spiro atoms. The molecule has 1 heterocycles. The first-order chi connectivity index (χ1) is 17.6. The molecule has 8 nitrogen and oxygen atoms in total. The molecule has 3 atom stereocenters. The molecule has 2 aromatic carbocycles. The SMILES string of the molecule is COCC(=O)N[C@H](C(=O)N1Cc2cc(O)ccc2C[C@@H]1C(=O)N[C@@H]1CCCc2ccccc21)C(C)(C)C. The normalized spacial score (nSPS) is 19.8. The second-order valence-electron chi connectivity index (χ2n) is 11.1. The molecular weight excluding hydrogens is 470 g/mol. The Labute approximate surface area is 218 Å². The van der Waals surface area contributed by atoms with Crippen LogP contribution in [0.2, 0.25) is 0 Å². The number of aromatic hydroxyl groups is 1. The average molecular weight is 508 g/mol. The van der Waals surface area contributed by atoms with Crippen molar-refractivity contribution in [2.45, 2.75) is 71.1 Å². The van der Waals surface area contributed by atoms with Crippen LogP contribution in [0.15, 0.2) is 42.5 Å². The number of phenols is 1. The number of carbonyl (C=O) groups excluding carboxylic acids is 3. The molecule has 37 heavy (non-hydrogen) atoms. The number of hydrogen-bond donors (Lipinski definition) is 3. The van der Waals surface area contributed by atoms with Gasteiger partial charge in [-0.25, -0.2) is 0 Å². The molecule has 0 fully saturated rings. The fourth-order valence-electron chi connectivity index (χ4n) is 5.36. The standard InChI is InChI=1S/C29H37N3O5/c1-29(2,3)26(31-25(34)17-37-4)28(36)32-16-20-14-21(33)13-12-19(20)15-24(32)27(35)30-23-11-7-9-18-8-5-6-10-22(18)23/h5-6,8,10,12-14,23-24,26,33H,7,9,11,15-17H2,1-4H3,(H,30,35)(H,31,34)/t23-,24-,26-/m1/s1. The topological polar surface area (TPSA) is 108 Å². The predicted octanol–water partition coefficient (Wildman–Crippen LogP) is 3.02. The summed E-state index contributed by atoms with van der Waals surface area (Å²) in [5.74, 6) is -0.848. The van der Waals surface area contributed by atoms with Crippen LogP contribution in [-0.2, 0) is 38.5 Å². The quantitative estimate of drug-likeness (QED) is 0.557. The van der Waals surface area contributed by atoms with E-state index in [0.717, 1.165) is 36.0 Å². The summed E-state index contributed by atoms with van der Waals surface area (Å²) < 4.78 is 4.95. The molecule has 198 valence electrons. The Morgan fingerprint density at radius 2 is 1.86 bits per heavy atom. The second-order valence-corrected chi connectivity index (χ2v) is 11.1. The number of aryl methyl sites for hydroxylation is 1. The highest BCUT2D eigenvalue weighted by atomic mass is 16.5. The van der Waals surface area contributed by atoms with Crippen LogP contribution < -0.4 is 10.6 Å². The van der Waals surface area contributed by atoms with Crippen LogP contribution in [0.25, 0.3) is 0 Å². The lowest BCUT2D eigenvalue weighted by Gasteiger charge is -2.41. The molecule has 0 bridgehead atoms. The fourth-order valence-corrected chi connectivity index (χ4v) is 5.36. The average Bonchev–Trinajstić information content (AvgIpc) is 2.85. The summed E-state index contributed by atoms with van der Waals surface area (Å²) in [6.07, 6.45) is 3.13. The van der Waals surface area contributed by atoms with E-state index < -0.39 is 23.4 Å². The minimum Gasteiger partial charge on any atom is -0.508 e. The lowest BCUT2D eigenvalue weighted by atomic mass is 9.84. The Morgan fingerprint density at radius 1 is 1.11 bits per heavy atom. The van der Waals surface area contributed by atoms with Crippen LogP contribution in [0.1, 0.15) is 61.9 Å². The Kier molecular flexibility index (Phi) is 7.87. The van der Waals surface area contributed by atoms with Gasteiger partial charge in [-0.1, -0.05) is 51.1 Å². The van der Waals surface area contributed by atoms with Crippen molar-refractivity contribution in [3.05, 3.63) is 64.7 Å². The number of methoxy groups -OCH3 is 1. The Bertz CT molecular complexity index is 1170. The Hall–Kier alpha value is -3.39. The molecule has 0 unspecified atom stereocenters. The number of fused-ring (bicyclic) bond motifs is 2. The van der Waals surface area contributed by atoms with Crippen molar-refractivity contribution >= 4 is 17.7 Å². The number of benzene rings is 2. The highest BCUT2D eigenvalue weighted by molar-refractivity contribution is 5.93.